The lowest BCUT2D eigenvalue weighted by Crippen LogP contribution is -2.60. The fraction of sp³-hybridized carbons (Fsp3) is 0.800. The van der Waals surface area contributed by atoms with Gasteiger partial charge in [-0.2, -0.15) is 5.26 Å². The van der Waals surface area contributed by atoms with Crippen LogP contribution >= 0.6 is 0 Å². The first-order chi connectivity index (χ1) is 17.2. The van der Waals surface area contributed by atoms with Crippen LogP contribution in [0.5, 0.6) is 0 Å². The van der Waals surface area contributed by atoms with Gasteiger partial charge >= 0.3 is 0 Å². The smallest absolute Gasteiger partial charge is 0.178 e. The van der Waals surface area contributed by atoms with E-state index in [2.05, 4.69) is 67.4 Å². The van der Waals surface area contributed by atoms with Crippen molar-refractivity contribution in [1.29, 1.82) is 5.26 Å². The second kappa shape index (κ2) is 11.0. The molecule has 3 nitrogen and oxygen atoms in total. The normalized spacial score (nSPS) is 30.9. The summed E-state index contributed by atoms with van der Waals surface area (Å²) >= 11 is 0. The molecule has 0 saturated heterocycles. The molecule has 5 atom stereocenters. The lowest BCUT2D eigenvalue weighted by Gasteiger charge is -2.64. The van der Waals surface area contributed by atoms with Crippen molar-refractivity contribution in [3.63, 3.8) is 0 Å². The first-order valence-corrected chi connectivity index (χ1v) is 14.9. The number of hydrogen-bond donors (Lipinski definition) is 0. The molecule has 212 valence electrons. The van der Waals surface area contributed by atoms with E-state index in [0.29, 0.717) is 11.8 Å². The molecule has 0 aromatic carbocycles. The number of allylic oxidation sites excluding steroid dienone is 2. The zero-order valence-corrected chi connectivity index (χ0v) is 26.4. The third kappa shape index (κ3) is 5.98. The number of hydrogen-bond acceptors (Lipinski definition) is 3. The van der Waals surface area contributed by atoms with Gasteiger partial charge in [-0.1, -0.05) is 74.8 Å². The Hall–Kier alpha value is -1.87. The summed E-state index contributed by atoms with van der Waals surface area (Å²) in [5, 5.41) is 9.87. The lowest BCUT2D eigenvalue weighted by atomic mass is 9.39. The quantitative estimate of drug-likeness (QED) is 0.255. The number of Topliss-reactive ketones (excluding diaryl/α,β-unsaturated/α-hetero) is 2. The minimum atomic E-state index is -0.623. The molecule has 0 heterocycles. The number of nitriles is 1. The summed E-state index contributed by atoms with van der Waals surface area (Å²) in [7, 11) is 0. The maximum absolute atomic E-state index is 13.2. The molecule has 0 spiro atoms. The van der Waals surface area contributed by atoms with Gasteiger partial charge in [-0.25, -0.2) is 0 Å². The second-order valence-electron chi connectivity index (χ2n) is 15.6. The highest BCUT2D eigenvalue weighted by Gasteiger charge is 2.63. The van der Waals surface area contributed by atoms with Crippen molar-refractivity contribution in [3.8, 4) is 18.4 Å². The van der Waals surface area contributed by atoms with Gasteiger partial charge in [0.25, 0.3) is 0 Å². The van der Waals surface area contributed by atoms with Gasteiger partial charge in [0, 0.05) is 17.3 Å². The van der Waals surface area contributed by atoms with E-state index in [1.165, 1.54) is 12.8 Å². The molecule has 0 radical (unpaired) electrons. The highest BCUT2D eigenvalue weighted by atomic mass is 16.1. The van der Waals surface area contributed by atoms with Gasteiger partial charge in [0.2, 0.25) is 0 Å². The molecule has 0 amide bonds. The molecular weight excluding hydrogens is 466 g/mol. The van der Waals surface area contributed by atoms with Crippen LogP contribution in [0.3, 0.4) is 0 Å². The summed E-state index contributed by atoms with van der Waals surface area (Å²) in [6.07, 6.45) is 16.9. The monoisotopic (exact) mass is 521 g/mol. The molecule has 38 heavy (non-hydrogen) atoms. The fourth-order valence-electron chi connectivity index (χ4n) is 8.27. The summed E-state index contributed by atoms with van der Waals surface area (Å²) in [4.78, 5) is 25.9. The van der Waals surface area contributed by atoms with Gasteiger partial charge in [0.1, 0.15) is 11.9 Å². The standard InChI is InChI=1S/C35H55NO2/c1-13-16-30(4,5)18-20-33(10,14-2)21-19-31(6,7)35(12)17-15-27-32(8,9)29(38)26(24-36)23-34(27,11)28(35)22-25(3)37/h2,23,27-28H,13,15-22H2,1,3-12H3/t27-,28+,33-,34-,35+/m0/s1. The van der Waals surface area contributed by atoms with Crippen LogP contribution in [0.1, 0.15) is 134 Å². The molecule has 1 saturated carbocycles. The zero-order chi connectivity index (χ0) is 29.4. The Bertz CT molecular complexity index is 1030. The fourth-order valence-corrected chi connectivity index (χ4v) is 8.27. The van der Waals surface area contributed by atoms with E-state index in [0.717, 1.165) is 38.5 Å². The molecule has 2 rings (SSSR count). The van der Waals surface area contributed by atoms with Crippen LogP contribution in [0.2, 0.25) is 0 Å². The largest absolute Gasteiger partial charge is 0.300 e. The van der Waals surface area contributed by atoms with E-state index in [1.54, 1.807) is 6.92 Å². The number of ketones is 2. The Morgan fingerprint density at radius 2 is 1.63 bits per heavy atom. The van der Waals surface area contributed by atoms with Crippen molar-refractivity contribution < 1.29 is 9.59 Å². The van der Waals surface area contributed by atoms with Crippen LogP contribution in [0.25, 0.3) is 0 Å². The SMILES string of the molecule is C#C[C@@](C)(CCC(C)(C)CCC)CCC(C)(C)[C@]1(C)CC[C@H]2C(C)(C)C(=O)C(C#N)=C[C@]2(C)[C@H]1CC(C)=O. The molecule has 0 aromatic rings. The Morgan fingerprint density at radius 1 is 1.05 bits per heavy atom. The van der Waals surface area contributed by atoms with E-state index in [1.807, 2.05) is 19.9 Å². The number of terminal acetylenes is 1. The topological polar surface area (TPSA) is 57.9 Å². The van der Waals surface area contributed by atoms with Crippen LogP contribution in [0.15, 0.2) is 11.6 Å². The highest BCUT2D eigenvalue weighted by molar-refractivity contribution is 6.04. The number of rotatable bonds is 11. The molecule has 0 aromatic heterocycles. The molecular formula is C35H55NO2. The van der Waals surface area contributed by atoms with Gasteiger partial charge in [0.05, 0.1) is 5.57 Å². The van der Waals surface area contributed by atoms with Crippen molar-refractivity contribution >= 4 is 11.6 Å². The summed E-state index contributed by atoms with van der Waals surface area (Å²) in [5.74, 6) is 3.43. The summed E-state index contributed by atoms with van der Waals surface area (Å²) < 4.78 is 0. The summed E-state index contributed by atoms with van der Waals surface area (Å²) in [6.45, 7) is 24.2. The summed E-state index contributed by atoms with van der Waals surface area (Å²) in [5.41, 5.74) is -0.856. The average molecular weight is 522 g/mol. The maximum atomic E-state index is 13.2. The van der Waals surface area contributed by atoms with Gasteiger partial charge in [-0.05, 0) is 92.3 Å². The van der Waals surface area contributed by atoms with Gasteiger partial charge in [0.15, 0.2) is 5.78 Å². The maximum Gasteiger partial charge on any atom is 0.178 e. The molecule has 0 bridgehead atoms. The van der Waals surface area contributed by atoms with Crippen LogP contribution in [0, 0.1) is 68.0 Å². The Morgan fingerprint density at radius 3 is 2.13 bits per heavy atom. The Balaban J connectivity index is 2.45. The third-order valence-electron chi connectivity index (χ3n) is 11.5. The van der Waals surface area contributed by atoms with E-state index < -0.39 is 10.8 Å². The van der Waals surface area contributed by atoms with Gasteiger partial charge < -0.3 is 4.79 Å². The molecule has 0 unspecified atom stereocenters. The van der Waals surface area contributed by atoms with Crippen molar-refractivity contribution in [1.82, 2.24) is 0 Å². The average Bonchev–Trinajstić information content (AvgIpc) is 2.81. The summed E-state index contributed by atoms with van der Waals surface area (Å²) in [6, 6.07) is 2.20. The van der Waals surface area contributed by atoms with Crippen LogP contribution < -0.4 is 0 Å². The number of fused-ring (bicyclic) bond motifs is 1. The van der Waals surface area contributed by atoms with Crippen LogP contribution in [0.4, 0.5) is 0 Å². The van der Waals surface area contributed by atoms with Crippen molar-refractivity contribution in [2.24, 2.45) is 44.3 Å². The van der Waals surface area contributed by atoms with E-state index in [9.17, 15) is 14.9 Å². The number of carbonyl (C=O) groups excluding carboxylic acids is 2. The van der Waals surface area contributed by atoms with Gasteiger partial charge in [-0.3, -0.25) is 4.79 Å². The van der Waals surface area contributed by atoms with E-state index in [-0.39, 0.29) is 45.2 Å². The van der Waals surface area contributed by atoms with Crippen LogP contribution in [-0.4, -0.2) is 11.6 Å². The predicted molar refractivity (Wildman–Crippen MR) is 158 cm³/mol. The van der Waals surface area contributed by atoms with Crippen LogP contribution in [-0.2, 0) is 9.59 Å². The molecule has 2 aliphatic carbocycles. The first-order valence-electron chi connectivity index (χ1n) is 14.9. The zero-order valence-electron chi connectivity index (χ0n) is 26.4. The number of nitrogens with zero attached hydrogens (tertiary/aromatic N) is 1. The van der Waals surface area contributed by atoms with Gasteiger partial charge in [-0.15, -0.1) is 12.3 Å². The Labute approximate surface area is 234 Å². The van der Waals surface area contributed by atoms with E-state index >= 15 is 0 Å². The molecule has 2 aliphatic rings. The molecule has 0 N–H and O–H groups in total. The minimum absolute atomic E-state index is 0.0394. The Kier molecular flexibility index (Phi) is 9.32. The molecule has 1 fully saturated rings. The lowest BCUT2D eigenvalue weighted by molar-refractivity contribution is -0.155. The van der Waals surface area contributed by atoms with Crippen molar-refractivity contribution in [2.45, 2.75) is 134 Å². The third-order valence-corrected chi connectivity index (χ3v) is 11.5. The predicted octanol–water partition coefficient (Wildman–Crippen LogP) is 9.12. The van der Waals surface area contributed by atoms with Crippen molar-refractivity contribution in [2.75, 3.05) is 0 Å². The van der Waals surface area contributed by atoms with E-state index in [4.69, 9.17) is 6.42 Å². The molecule has 0 aliphatic heterocycles. The second-order valence-corrected chi connectivity index (χ2v) is 15.6. The van der Waals surface area contributed by atoms with Crippen molar-refractivity contribution in [3.05, 3.63) is 11.6 Å². The highest BCUT2D eigenvalue weighted by Crippen LogP contribution is 2.68. The number of carbonyl (C=O) groups is 2. The minimum Gasteiger partial charge on any atom is -0.300 e. The first kappa shape index (κ1) is 32.3. The molecule has 3 heteroatoms.